The van der Waals surface area contributed by atoms with Gasteiger partial charge in [-0.1, -0.05) is 72.8 Å². The lowest BCUT2D eigenvalue weighted by Crippen LogP contribution is -2.19. The number of carbonyl (C=O) groups excluding carboxylic acids is 1. The van der Waals surface area contributed by atoms with E-state index in [2.05, 4.69) is 44.7 Å². The molecule has 5 rings (SSSR count). The van der Waals surface area contributed by atoms with Crippen LogP contribution in [0.2, 0.25) is 0 Å². The van der Waals surface area contributed by atoms with Gasteiger partial charge in [0.2, 0.25) is 5.91 Å². The van der Waals surface area contributed by atoms with Crippen molar-refractivity contribution in [3.8, 4) is 11.3 Å². The van der Waals surface area contributed by atoms with Crippen LogP contribution >= 0.6 is 0 Å². The molecule has 5 heteroatoms. The van der Waals surface area contributed by atoms with Gasteiger partial charge in [0.1, 0.15) is 0 Å². The standard InChI is InChI=1S/C29H28N4O/c34-29(21-26(22-9-3-1-4-10-22)23-11-5-2-6-12-23)30-25-15-13-24(14-16-25)27-17-18-28(32-31-27)33-19-7-8-20-33/h1-6,9-18,26H,7-8,19-21H2,(H,30,34). The summed E-state index contributed by atoms with van der Waals surface area (Å²) < 4.78 is 0. The molecular formula is C29H28N4O. The summed E-state index contributed by atoms with van der Waals surface area (Å²) in [5.41, 5.74) is 4.85. The topological polar surface area (TPSA) is 58.1 Å². The van der Waals surface area contributed by atoms with Crippen molar-refractivity contribution < 1.29 is 4.79 Å². The van der Waals surface area contributed by atoms with Gasteiger partial charge in [-0.2, -0.15) is 0 Å². The molecule has 0 unspecified atom stereocenters. The lowest BCUT2D eigenvalue weighted by atomic mass is 9.88. The summed E-state index contributed by atoms with van der Waals surface area (Å²) in [6, 6.07) is 32.2. The Bertz CT molecular complexity index is 1160. The summed E-state index contributed by atoms with van der Waals surface area (Å²) in [7, 11) is 0. The van der Waals surface area contributed by atoms with Gasteiger partial charge in [-0.05, 0) is 48.2 Å². The van der Waals surface area contributed by atoms with Gasteiger partial charge in [-0.3, -0.25) is 4.79 Å². The molecule has 1 saturated heterocycles. The highest BCUT2D eigenvalue weighted by molar-refractivity contribution is 5.91. The summed E-state index contributed by atoms with van der Waals surface area (Å²) in [5, 5.41) is 11.9. The quantitative estimate of drug-likeness (QED) is 0.382. The van der Waals surface area contributed by atoms with E-state index in [1.165, 1.54) is 12.8 Å². The number of aromatic nitrogens is 2. The summed E-state index contributed by atoms with van der Waals surface area (Å²) in [6.45, 7) is 2.11. The molecule has 1 aliphatic heterocycles. The number of benzene rings is 3. The summed E-state index contributed by atoms with van der Waals surface area (Å²) >= 11 is 0. The van der Waals surface area contributed by atoms with E-state index in [1.54, 1.807) is 0 Å². The fraction of sp³-hybridized carbons (Fsp3) is 0.207. The zero-order valence-corrected chi connectivity index (χ0v) is 19.1. The third-order valence-electron chi connectivity index (χ3n) is 6.34. The number of hydrogen-bond acceptors (Lipinski definition) is 4. The summed E-state index contributed by atoms with van der Waals surface area (Å²) in [4.78, 5) is 15.2. The fourth-order valence-corrected chi connectivity index (χ4v) is 4.51. The molecule has 1 aliphatic rings. The summed E-state index contributed by atoms with van der Waals surface area (Å²) in [6.07, 6.45) is 2.81. The van der Waals surface area contributed by atoms with Gasteiger partial charge in [-0.25, -0.2) is 0 Å². The SMILES string of the molecule is O=C(CC(c1ccccc1)c1ccccc1)Nc1ccc(-c2ccc(N3CCCC3)nn2)cc1. The van der Waals surface area contributed by atoms with E-state index in [4.69, 9.17) is 0 Å². The Morgan fingerprint density at radius 1 is 0.765 bits per heavy atom. The van der Waals surface area contributed by atoms with Gasteiger partial charge in [-0.15, -0.1) is 10.2 Å². The highest BCUT2D eigenvalue weighted by atomic mass is 16.1. The molecule has 4 aromatic rings. The minimum atomic E-state index is -0.0137. The fourth-order valence-electron chi connectivity index (χ4n) is 4.51. The normalized spacial score (nSPS) is 13.3. The zero-order chi connectivity index (χ0) is 23.2. The maximum absolute atomic E-state index is 12.9. The maximum atomic E-state index is 12.9. The highest BCUT2D eigenvalue weighted by Gasteiger charge is 2.18. The third kappa shape index (κ3) is 5.15. The van der Waals surface area contributed by atoms with Crippen LogP contribution in [0, 0.1) is 0 Å². The Balaban J connectivity index is 1.25. The molecule has 3 aromatic carbocycles. The molecule has 1 amide bonds. The van der Waals surface area contributed by atoms with Crippen molar-refractivity contribution in [3.05, 3.63) is 108 Å². The van der Waals surface area contributed by atoms with Gasteiger partial charge >= 0.3 is 0 Å². The van der Waals surface area contributed by atoms with Crippen LogP contribution < -0.4 is 10.2 Å². The lowest BCUT2D eigenvalue weighted by Gasteiger charge is -2.18. The first-order valence-corrected chi connectivity index (χ1v) is 11.8. The summed E-state index contributed by atoms with van der Waals surface area (Å²) in [5.74, 6) is 0.933. The van der Waals surface area contributed by atoms with Gasteiger partial charge in [0, 0.05) is 36.7 Å². The second kappa shape index (κ2) is 10.3. The van der Waals surface area contributed by atoms with Crippen LogP contribution in [0.3, 0.4) is 0 Å². The second-order valence-corrected chi connectivity index (χ2v) is 8.67. The number of nitrogens with one attached hydrogen (secondary N) is 1. The Morgan fingerprint density at radius 3 is 1.94 bits per heavy atom. The Labute approximate surface area is 200 Å². The minimum Gasteiger partial charge on any atom is -0.355 e. The predicted molar refractivity (Wildman–Crippen MR) is 137 cm³/mol. The van der Waals surface area contributed by atoms with Crippen LogP contribution in [0.25, 0.3) is 11.3 Å². The Morgan fingerprint density at radius 2 is 1.38 bits per heavy atom. The average molecular weight is 449 g/mol. The minimum absolute atomic E-state index is 0.00562. The first-order valence-electron chi connectivity index (χ1n) is 11.8. The number of hydrogen-bond donors (Lipinski definition) is 1. The van der Waals surface area contributed by atoms with Crippen molar-refractivity contribution in [2.45, 2.75) is 25.2 Å². The molecular weight excluding hydrogens is 420 g/mol. The first-order chi connectivity index (χ1) is 16.8. The molecule has 0 spiro atoms. The van der Waals surface area contributed by atoms with E-state index in [1.807, 2.05) is 72.8 Å². The molecule has 0 aliphatic carbocycles. The molecule has 1 N–H and O–H groups in total. The van der Waals surface area contributed by atoms with Crippen LogP contribution in [0.4, 0.5) is 11.5 Å². The van der Waals surface area contributed by atoms with Crippen molar-refractivity contribution in [3.63, 3.8) is 0 Å². The van der Waals surface area contributed by atoms with E-state index >= 15 is 0 Å². The van der Waals surface area contributed by atoms with Crippen molar-refractivity contribution in [2.24, 2.45) is 0 Å². The largest absolute Gasteiger partial charge is 0.355 e. The zero-order valence-electron chi connectivity index (χ0n) is 19.1. The van der Waals surface area contributed by atoms with Crippen molar-refractivity contribution in [1.29, 1.82) is 0 Å². The lowest BCUT2D eigenvalue weighted by molar-refractivity contribution is -0.116. The molecule has 0 radical (unpaired) electrons. The molecule has 170 valence electrons. The van der Waals surface area contributed by atoms with Crippen LogP contribution in [0.15, 0.2) is 97.1 Å². The van der Waals surface area contributed by atoms with Gasteiger partial charge in [0.05, 0.1) is 5.69 Å². The van der Waals surface area contributed by atoms with E-state index in [9.17, 15) is 4.79 Å². The van der Waals surface area contributed by atoms with Gasteiger partial charge in [0.25, 0.3) is 0 Å². The number of carbonyl (C=O) groups is 1. The van der Waals surface area contributed by atoms with Gasteiger partial charge < -0.3 is 10.2 Å². The maximum Gasteiger partial charge on any atom is 0.225 e. The van der Waals surface area contributed by atoms with E-state index in [0.29, 0.717) is 6.42 Å². The molecule has 0 bridgehead atoms. The highest BCUT2D eigenvalue weighted by Crippen LogP contribution is 2.29. The average Bonchev–Trinajstić information content (AvgIpc) is 3.44. The molecule has 34 heavy (non-hydrogen) atoms. The van der Waals surface area contributed by atoms with E-state index in [-0.39, 0.29) is 11.8 Å². The number of rotatable bonds is 7. The molecule has 2 heterocycles. The van der Waals surface area contributed by atoms with Crippen molar-refractivity contribution in [2.75, 3.05) is 23.3 Å². The molecule has 1 aromatic heterocycles. The van der Waals surface area contributed by atoms with Crippen LogP contribution in [0.1, 0.15) is 36.3 Å². The number of anilines is 2. The third-order valence-corrected chi connectivity index (χ3v) is 6.34. The van der Waals surface area contributed by atoms with Crippen LogP contribution in [0.5, 0.6) is 0 Å². The molecule has 0 saturated carbocycles. The van der Waals surface area contributed by atoms with Crippen LogP contribution in [-0.2, 0) is 4.79 Å². The number of amides is 1. The smallest absolute Gasteiger partial charge is 0.225 e. The Hall–Kier alpha value is -3.99. The van der Waals surface area contributed by atoms with Gasteiger partial charge in [0.15, 0.2) is 5.82 Å². The van der Waals surface area contributed by atoms with Crippen LogP contribution in [-0.4, -0.2) is 29.2 Å². The predicted octanol–water partition coefficient (Wildman–Crippen LogP) is 5.90. The van der Waals surface area contributed by atoms with E-state index in [0.717, 1.165) is 47.0 Å². The monoisotopic (exact) mass is 448 g/mol. The Kier molecular flexibility index (Phi) is 6.61. The second-order valence-electron chi connectivity index (χ2n) is 8.67. The number of nitrogens with zero attached hydrogens (tertiary/aromatic N) is 3. The van der Waals surface area contributed by atoms with Crippen molar-refractivity contribution in [1.82, 2.24) is 10.2 Å². The van der Waals surface area contributed by atoms with Crippen molar-refractivity contribution >= 4 is 17.4 Å². The molecule has 5 nitrogen and oxygen atoms in total. The van der Waals surface area contributed by atoms with E-state index < -0.39 is 0 Å². The first kappa shape index (κ1) is 21.8. The molecule has 1 fully saturated rings. The molecule has 0 atom stereocenters.